The van der Waals surface area contributed by atoms with Crippen LogP contribution in [0.4, 0.5) is 0 Å². The van der Waals surface area contributed by atoms with Gasteiger partial charge in [-0.05, 0) is 37.2 Å². The second-order valence-electron chi connectivity index (χ2n) is 4.74. The van der Waals surface area contributed by atoms with Crippen LogP contribution in [-0.4, -0.2) is 56.2 Å². The molecule has 0 aliphatic carbocycles. The Morgan fingerprint density at radius 1 is 1.05 bits per heavy atom. The number of rotatable bonds is 4. The number of nitrogens with zero attached hydrogens (tertiary/aromatic N) is 2. The van der Waals surface area contributed by atoms with Gasteiger partial charge in [-0.3, -0.25) is 0 Å². The number of alkyl halides is 1. The van der Waals surface area contributed by atoms with Crippen LogP contribution in [0.25, 0.3) is 0 Å². The first-order valence-electron chi connectivity index (χ1n) is 6.58. The van der Waals surface area contributed by atoms with Gasteiger partial charge in [-0.1, -0.05) is 11.6 Å². The summed E-state index contributed by atoms with van der Waals surface area (Å²) in [5.41, 5.74) is 0. The molecule has 0 atom stereocenters. The molecule has 0 radical (unpaired) electrons. The van der Waals surface area contributed by atoms with Gasteiger partial charge in [0, 0.05) is 37.1 Å². The lowest BCUT2D eigenvalue weighted by molar-refractivity contribution is 0.303. The lowest BCUT2D eigenvalue weighted by atomic mass is 10.4. The maximum Gasteiger partial charge on any atom is 0.243 e. The predicted molar refractivity (Wildman–Crippen MR) is 82.0 cm³/mol. The van der Waals surface area contributed by atoms with E-state index in [9.17, 15) is 8.42 Å². The molecule has 1 aliphatic heterocycles. The lowest BCUT2D eigenvalue weighted by Gasteiger charge is -2.21. The molecule has 0 unspecified atom stereocenters. The van der Waals surface area contributed by atoms with E-state index in [1.54, 1.807) is 28.6 Å². The van der Waals surface area contributed by atoms with Gasteiger partial charge < -0.3 is 4.90 Å². The molecule has 1 saturated heterocycles. The predicted octanol–water partition coefficient (Wildman–Crippen LogP) is 2.28. The van der Waals surface area contributed by atoms with Crippen molar-refractivity contribution in [2.24, 2.45) is 0 Å². The molecule has 1 aromatic rings. The Kier molecular flexibility index (Phi) is 5.69. The molecule has 1 fully saturated rings. The Morgan fingerprint density at radius 2 is 1.75 bits per heavy atom. The van der Waals surface area contributed by atoms with Crippen molar-refractivity contribution in [1.82, 2.24) is 9.21 Å². The van der Waals surface area contributed by atoms with Crippen LogP contribution in [-0.2, 0) is 10.0 Å². The molecular weight excluding hydrogens is 319 g/mol. The summed E-state index contributed by atoms with van der Waals surface area (Å²) in [7, 11) is -3.43. The van der Waals surface area contributed by atoms with Gasteiger partial charge in [0.1, 0.15) is 0 Å². The summed E-state index contributed by atoms with van der Waals surface area (Å²) in [6, 6.07) is 6.32. The Morgan fingerprint density at radius 3 is 2.40 bits per heavy atom. The molecule has 2 rings (SSSR count). The van der Waals surface area contributed by atoms with Crippen LogP contribution >= 0.6 is 23.2 Å². The highest BCUT2D eigenvalue weighted by Crippen LogP contribution is 2.19. The number of benzene rings is 1. The number of sulfonamides is 1. The van der Waals surface area contributed by atoms with E-state index >= 15 is 0 Å². The van der Waals surface area contributed by atoms with E-state index < -0.39 is 10.0 Å². The summed E-state index contributed by atoms with van der Waals surface area (Å²) in [5.74, 6) is 0.573. The van der Waals surface area contributed by atoms with Gasteiger partial charge in [-0.25, -0.2) is 8.42 Å². The van der Waals surface area contributed by atoms with Gasteiger partial charge in [0.2, 0.25) is 10.0 Å². The van der Waals surface area contributed by atoms with Crippen LogP contribution in [0.15, 0.2) is 29.2 Å². The molecule has 20 heavy (non-hydrogen) atoms. The molecule has 0 bridgehead atoms. The maximum absolute atomic E-state index is 12.6. The molecule has 7 heteroatoms. The highest BCUT2D eigenvalue weighted by Gasteiger charge is 2.26. The summed E-state index contributed by atoms with van der Waals surface area (Å²) in [5, 5.41) is 0.535. The van der Waals surface area contributed by atoms with Gasteiger partial charge in [0.05, 0.1) is 4.90 Å². The van der Waals surface area contributed by atoms with Crippen molar-refractivity contribution in [3.63, 3.8) is 0 Å². The van der Waals surface area contributed by atoms with Gasteiger partial charge in [-0.15, -0.1) is 11.6 Å². The van der Waals surface area contributed by atoms with Gasteiger partial charge in [-0.2, -0.15) is 4.31 Å². The third kappa shape index (κ3) is 3.86. The third-order valence-corrected chi connectivity index (χ3v) is 5.73. The number of halogens is 2. The molecule has 4 nitrogen and oxygen atoms in total. The third-order valence-electron chi connectivity index (χ3n) is 3.40. The Bertz CT molecular complexity index is 534. The van der Waals surface area contributed by atoms with Crippen LogP contribution in [0, 0.1) is 0 Å². The zero-order valence-corrected chi connectivity index (χ0v) is 13.5. The van der Waals surface area contributed by atoms with Crippen LogP contribution in [0.2, 0.25) is 5.02 Å². The smallest absolute Gasteiger partial charge is 0.243 e. The summed E-state index contributed by atoms with van der Waals surface area (Å²) >= 11 is 11.5. The molecule has 1 aromatic carbocycles. The van der Waals surface area contributed by atoms with Crippen LogP contribution < -0.4 is 0 Å². The first kappa shape index (κ1) is 16.0. The molecule has 0 N–H and O–H groups in total. The van der Waals surface area contributed by atoms with E-state index in [4.69, 9.17) is 23.2 Å². The minimum absolute atomic E-state index is 0.299. The zero-order chi connectivity index (χ0) is 14.6. The van der Waals surface area contributed by atoms with Crippen molar-refractivity contribution >= 4 is 33.2 Å². The van der Waals surface area contributed by atoms with Crippen LogP contribution in [0.5, 0.6) is 0 Å². The SMILES string of the molecule is O=S(=O)(c1ccc(Cl)cc1)N1CCCN(CCCl)CC1. The van der Waals surface area contributed by atoms with Crippen LogP contribution in [0.1, 0.15) is 6.42 Å². The van der Waals surface area contributed by atoms with Crippen molar-refractivity contribution in [2.75, 3.05) is 38.6 Å². The van der Waals surface area contributed by atoms with E-state index in [2.05, 4.69) is 4.90 Å². The van der Waals surface area contributed by atoms with E-state index in [0.717, 1.165) is 26.1 Å². The lowest BCUT2D eigenvalue weighted by Crippen LogP contribution is -2.35. The Labute approximate surface area is 130 Å². The van der Waals surface area contributed by atoms with Crippen molar-refractivity contribution < 1.29 is 8.42 Å². The van der Waals surface area contributed by atoms with Crippen molar-refractivity contribution in [3.8, 4) is 0 Å². The first-order chi connectivity index (χ1) is 9.54. The quantitative estimate of drug-likeness (QED) is 0.792. The monoisotopic (exact) mass is 336 g/mol. The highest BCUT2D eigenvalue weighted by atomic mass is 35.5. The highest BCUT2D eigenvalue weighted by molar-refractivity contribution is 7.89. The minimum atomic E-state index is -3.43. The first-order valence-corrected chi connectivity index (χ1v) is 8.93. The molecule has 1 heterocycles. The van der Waals surface area contributed by atoms with Gasteiger partial charge in [0.25, 0.3) is 0 Å². The molecular formula is C13H18Cl2N2O2S. The normalized spacial score (nSPS) is 18.9. The molecule has 1 aliphatic rings. The largest absolute Gasteiger partial charge is 0.301 e. The molecule has 0 saturated carbocycles. The number of hydrogen-bond acceptors (Lipinski definition) is 3. The number of hydrogen-bond donors (Lipinski definition) is 0. The molecule has 0 spiro atoms. The van der Waals surface area contributed by atoms with Gasteiger partial charge >= 0.3 is 0 Å². The average Bonchev–Trinajstić information content (AvgIpc) is 2.66. The molecule has 0 aromatic heterocycles. The van der Waals surface area contributed by atoms with E-state index in [0.29, 0.717) is 28.9 Å². The minimum Gasteiger partial charge on any atom is -0.301 e. The second kappa shape index (κ2) is 7.09. The summed E-state index contributed by atoms with van der Waals surface area (Å²) in [6.07, 6.45) is 0.823. The summed E-state index contributed by atoms with van der Waals surface area (Å²) in [6.45, 7) is 3.46. The standard InChI is InChI=1S/C13H18Cl2N2O2S/c14-6-9-16-7-1-8-17(11-10-16)20(18,19)13-4-2-12(15)3-5-13/h2-5H,1,6-11H2. The Hall–Kier alpha value is -0.330. The summed E-state index contributed by atoms with van der Waals surface area (Å²) in [4.78, 5) is 2.50. The average molecular weight is 337 g/mol. The van der Waals surface area contributed by atoms with E-state index in [-0.39, 0.29) is 0 Å². The maximum atomic E-state index is 12.6. The zero-order valence-electron chi connectivity index (χ0n) is 11.1. The van der Waals surface area contributed by atoms with Crippen molar-refractivity contribution in [3.05, 3.63) is 29.3 Å². The van der Waals surface area contributed by atoms with Crippen LogP contribution in [0.3, 0.4) is 0 Å². The fourth-order valence-corrected chi connectivity index (χ4v) is 4.12. The fraction of sp³-hybridized carbons (Fsp3) is 0.538. The van der Waals surface area contributed by atoms with E-state index in [1.165, 1.54) is 0 Å². The molecule has 112 valence electrons. The van der Waals surface area contributed by atoms with Crippen molar-refractivity contribution in [2.45, 2.75) is 11.3 Å². The van der Waals surface area contributed by atoms with E-state index in [1.807, 2.05) is 0 Å². The molecule has 0 amide bonds. The fourth-order valence-electron chi connectivity index (χ4n) is 2.29. The summed E-state index contributed by atoms with van der Waals surface area (Å²) < 4.78 is 26.7. The topological polar surface area (TPSA) is 40.6 Å². The Balaban J connectivity index is 2.11. The van der Waals surface area contributed by atoms with Gasteiger partial charge in [0.15, 0.2) is 0 Å². The second-order valence-corrected chi connectivity index (χ2v) is 7.49. The van der Waals surface area contributed by atoms with Crippen molar-refractivity contribution in [1.29, 1.82) is 0 Å².